The van der Waals surface area contributed by atoms with Gasteiger partial charge in [-0.3, -0.25) is 9.59 Å². The number of likely N-dealkylation sites (tertiary alicyclic amines) is 1. The second kappa shape index (κ2) is 8.25. The van der Waals surface area contributed by atoms with E-state index in [-0.39, 0.29) is 24.2 Å². The van der Waals surface area contributed by atoms with Gasteiger partial charge in [-0.15, -0.1) is 11.8 Å². The van der Waals surface area contributed by atoms with Gasteiger partial charge in [0.15, 0.2) is 0 Å². The maximum absolute atomic E-state index is 12.3. The van der Waals surface area contributed by atoms with Crippen LogP contribution in [0.15, 0.2) is 52.0 Å². The van der Waals surface area contributed by atoms with Gasteiger partial charge in [0.2, 0.25) is 11.8 Å². The van der Waals surface area contributed by atoms with E-state index in [0.717, 1.165) is 11.5 Å². The maximum atomic E-state index is 12.3. The van der Waals surface area contributed by atoms with Gasteiger partial charge in [-0.05, 0) is 31.2 Å². The third kappa shape index (κ3) is 4.89. The van der Waals surface area contributed by atoms with Crippen LogP contribution < -0.4 is 5.32 Å². The fourth-order valence-corrected chi connectivity index (χ4v) is 3.58. The van der Waals surface area contributed by atoms with E-state index >= 15 is 0 Å². The van der Waals surface area contributed by atoms with Crippen molar-refractivity contribution in [3.63, 3.8) is 0 Å². The molecular formula is C19H22N2O3S. The van der Waals surface area contributed by atoms with E-state index < -0.39 is 0 Å². The molecule has 0 spiro atoms. The summed E-state index contributed by atoms with van der Waals surface area (Å²) in [6.45, 7) is 3.54. The summed E-state index contributed by atoms with van der Waals surface area (Å²) >= 11 is 1.71. The van der Waals surface area contributed by atoms with E-state index in [1.54, 1.807) is 29.0 Å². The Kier molecular flexibility index (Phi) is 5.81. The minimum Gasteiger partial charge on any atom is -0.467 e. The van der Waals surface area contributed by atoms with Crippen LogP contribution in [0.25, 0.3) is 0 Å². The Morgan fingerprint density at radius 1 is 1.32 bits per heavy atom. The van der Waals surface area contributed by atoms with Gasteiger partial charge in [0.25, 0.3) is 0 Å². The quantitative estimate of drug-likeness (QED) is 0.611. The van der Waals surface area contributed by atoms with Crippen LogP contribution in [0.4, 0.5) is 0 Å². The summed E-state index contributed by atoms with van der Waals surface area (Å²) in [5, 5.41) is 2.94. The van der Waals surface area contributed by atoms with Crippen LogP contribution in [-0.4, -0.2) is 35.6 Å². The third-order valence-corrected chi connectivity index (χ3v) is 5.22. The van der Waals surface area contributed by atoms with Crippen molar-refractivity contribution in [2.45, 2.75) is 24.8 Å². The van der Waals surface area contributed by atoms with Crippen LogP contribution in [0.1, 0.15) is 17.7 Å². The van der Waals surface area contributed by atoms with Crippen LogP contribution in [0.5, 0.6) is 0 Å². The minimum atomic E-state index is -0.271. The van der Waals surface area contributed by atoms with Crippen molar-refractivity contribution in [2.24, 2.45) is 5.92 Å². The van der Waals surface area contributed by atoms with Crippen LogP contribution >= 0.6 is 11.8 Å². The molecule has 1 fully saturated rings. The lowest BCUT2D eigenvalue weighted by atomic mass is 10.1. The highest BCUT2D eigenvalue weighted by Crippen LogP contribution is 2.21. The summed E-state index contributed by atoms with van der Waals surface area (Å²) < 4.78 is 5.27. The lowest BCUT2D eigenvalue weighted by Gasteiger charge is -2.15. The van der Waals surface area contributed by atoms with Gasteiger partial charge in [-0.1, -0.05) is 17.7 Å². The van der Waals surface area contributed by atoms with Gasteiger partial charge in [0.05, 0.1) is 18.7 Å². The number of nitrogens with one attached hydrogen (secondary N) is 1. The second-order valence-electron chi connectivity index (χ2n) is 6.21. The fraction of sp³-hybridized carbons (Fsp3) is 0.368. The van der Waals surface area contributed by atoms with Crippen LogP contribution in [0.2, 0.25) is 0 Å². The molecule has 0 unspecified atom stereocenters. The normalized spacial score (nSPS) is 17.1. The predicted octanol–water partition coefficient (Wildman–Crippen LogP) is 2.85. The highest BCUT2D eigenvalue weighted by Gasteiger charge is 2.34. The molecule has 1 saturated heterocycles. The fourth-order valence-electron chi connectivity index (χ4n) is 2.81. The van der Waals surface area contributed by atoms with E-state index in [4.69, 9.17) is 4.42 Å². The Balaban J connectivity index is 1.39. The average Bonchev–Trinajstić information content (AvgIpc) is 3.24. The Morgan fingerprint density at radius 3 is 2.84 bits per heavy atom. The molecule has 1 aromatic carbocycles. The van der Waals surface area contributed by atoms with E-state index in [0.29, 0.717) is 19.6 Å². The Morgan fingerprint density at radius 2 is 2.12 bits per heavy atom. The minimum absolute atomic E-state index is 0.00517. The van der Waals surface area contributed by atoms with E-state index in [9.17, 15) is 9.59 Å². The molecule has 25 heavy (non-hydrogen) atoms. The smallest absolute Gasteiger partial charge is 0.225 e. The molecule has 3 rings (SSSR count). The average molecular weight is 358 g/mol. The molecule has 132 valence electrons. The molecule has 1 N–H and O–H groups in total. The highest BCUT2D eigenvalue weighted by atomic mass is 32.2. The molecule has 2 amide bonds. The number of hydrogen-bond donors (Lipinski definition) is 1. The van der Waals surface area contributed by atoms with Crippen molar-refractivity contribution in [1.29, 1.82) is 0 Å². The first-order chi connectivity index (χ1) is 12.1. The lowest BCUT2D eigenvalue weighted by molar-refractivity contribution is -0.129. The second-order valence-corrected chi connectivity index (χ2v) is 7.38. The predicted molar refractivity (Wildman–Crippen MR) is 97.1 cm³/mol. The number of aryl methyl sites for hydroxylation is 1. The molecule has 0 aliphatic carbocycles. The van der Waals surface area contributed by atoms with Gasteiger partial charge < -0.3 is 14.6 Å². The number of thioether (sulfide) groups is 1. The number of carbonyl (C=O) groups excluding carboxylic acids is 2. The number of hydrogen-bond acceptors (Lipinski definition) is 4. The molecule has 1 aliphatic rings. The third-order valence-electron chi connectivity index (χ3n) is 4.20. The largest absolute Gasteiger partial charge is 0.467 e. The van der Waals surface area contributed by atoms with Crippen molar-refractivity contribution in [3.8, 4) is 0 Å². The molecule has 5 nitrogen and oxygen atoms in total. The van der Waals surface area contributed by atoms with Crippen molar-refractivity contribution < 1.29 is 14.0 Å². The van der Waals surface area contributed by atoms with Gasteiger partial charge >= 0.3 is 0 Å². The summed E-state index contributed by atoms with van der Waals surface area (Å²) in [6, 6.07) is 12.0. The number of rotatable bonds is 7. The number of carbonyl (C=O) groups is 2. The number of benzene rings is 1. The van der Waals surface area contributed by atoms with Crippen molar-refractivity contribution >= 4 is 23.6 Å². The molecule has 2 aromatic rings. The summed E-state index contributed by atoms with van der Waals surface area (Å²) in [7, 11) is 0. The number of amides is 2. The first kappa shape index (κ1) is 17.6. The van der Waals surface area contributed by atoms with Gasteiger partial charge in [0, 0.05) is 30.2 Å². The van der Waals surface area contributed by atoms with Crippen molar-refractivity contribution in [3.05, 3.63) is 54.0 Å². The molecular weight excluding hydrogens is 336 g/mol. The van der Waals surface area contributed by atoms with Crippen LogP contribution in [-0.2, 0) is 16.1 Å². The molecule has 0 radical (unpaired) electrons. The molecule has 2 heterocycles. The molecule has 0 saturated carbocycles. The maximum Gasteiger partial charge on any atom is 0.225 e. The monoisotopic (exact) mass is 358 g/mol. The molecule has 6 heteroatoms. The lowest BCUT2D eigenvalue weighted by Crippen LogP contribution is -2.34. The van der Waals surface area contributed by atoms with Gasteiger partial charge in [-0.25, -0.2) is 0 Å². The van der Waals surface area contributed by atoms with Crippen LogP contribution in [0.3, 0.4) is 0 Å². The summed E-state index contributed by atoms with van der Waals surface area (Å²) in [4.78, 5) is 27.2. The van der Waals surface area contributed by atoms with Gasteiger partial charge in [0.1, 0.15) is 5.76 Å². The molecule has 1 atom stereocenters. The summed E-state index contributed by atoms with van der Waals surface area (Å²) in [6.07, 6.45) is 1.86. The van der Waals surface area contributed by atoms with E-state index in [1.807, 2.05) is 6.07 Å². The topological polar surface area (TPSA) is 62.6 Å². The zero-order valence-electron chi connectivity index (χ0n) is 14.2. The standard InChI is InChI=1S/C19H22N2O3S/c1-14-4-6-17(7-5-14)25-10-8-20-19(23)15-11-18(22)21(12-15)13-16-3-2-9-24-16/h2-7,9,15H,8,10-13H2,1H3,(H,20,23)/t15-/m1/s1. The molecule has 0 bridgehead atoms. The Bertz CT molecular complexity index is 713. The van der Waals surface area contributed by atoms with Crippen LogP contribution in [0, 0.1) is 12.8 Å². The summed E-state index contributed by atoms with van der Waals surface area (Å²) in [5.74, 6) is 1.24. The number of nitrogens with zero attached hydrogens (tertiary/aromatic N) is 1. The van der Waals surface area contributed by atoms with Crippen molar-refractivity contribution in [2.75, 3.05) is 18.8 Å². The summed E-state index contributed by atoms with van der Waals surface area (Å²) in [5.41, 5.74) is 1.24. The number of furan rings is 1. The highest BCUT2D eigenvalue weighted by molar-refractivity contribution is 7.99. The zero-order valence-corrected chi connectivity index (χ0v) is 15.1. The Hall–Kier alpha value is -2.21. The molecule has 1 aromatic heterocycles. The van der Waals surface area contributed by atoms with Crippen molar-refractivity contribution in [1.82, 2.24) is 10.2 Å². The Labute approximate surface area is 151 Å². The van der Waals surface area contributed by atoms with E-state index in [2.05, 4.69) is 36.5 Å². The molecule has 1 aliphatic heterocycles. The van der Waals surface area contributed by atoms with Gasteiger partial charge in [-0.2, -0.15) is 0 Å². The first-order valence-corrected chi connectivity index (χ1v) is 9.38. The first-order valence-electron chi connectivity index (χ1n) is 8.39. The van der Waals surface area contributed by atoms with E-state index in [1.165, 1.54) is 10.5 Å². The zero-order chi connectivity index (χ0) is 17.6. The SMILES string of the molecule is Cc1ccc(SCCNC(=O)[C@@H]2CC(=O)N(Cc3ccco3)C2)cc1.